The summed E-state index contributed by atoms with van der Waals surface area (Å²) >= 11 is 0. The smallest absolute Gasteiger partial charge is 0.259 e. The van der Waals surface area contributed by atoms with Crippen LogP contribution in [0.3, 0.4) is 0 Å². The van der Waals surface area contributed by atoms with E-state index in [0.29, 0.717) is 40.4 Å². The van der Waals surface area contributed by atoms with E-state index in [9.17, 15) is 4.79 Å². The Hall–Kier alpha value is -4.26. The molecule has 32 heavy (non-hydrogen) atoms. The second-order valence-electron chi connectivity index (χ2n) is 7.68. The Balaban J connectivity index is 1.51. The van der Waals surface area contributed by atoms with Gasteiger partial charge in [0, 0.05) is 11.6 Å². The van der Waals surface area contributed by atoms with Crippen LogP contribution in [0.2, 0.25) is 0 Å². The third-order valence-corrected chi connectivity index (χ3v) is 5.34. The van der Waals surface area contributed by atoms with Gasteiger partial charge in [-0.25, -0.2) is 9.67 Å². The molecule has 3 heterocycles. The number of carbonyl (C=O) groups is 1. The van der Waals surface area contributed by atoms with Crippen molar-refractivity contribution in [3.8, 4) is 11.3 Å². The van der Waals surface area contributed by atoms with Crippen molar-refractivity contribution in [3.63, 3.8) is 0 Å². The summed E-state index contributed by atoms with van der Waals surface area (Å²) in [5.41, 5.74) is 5.20. The minimum atomic E-state index is -0.271. The average molecular weight is 423 g/mol. The third-order valence-electron chi connectivity index (χ3n) is 5.34. The lowest BCUT2D eigenvalue weighted by Gasteiger charge is -2.11. The molecule has 0 radical (unpaired) electrons. The van der Waals surface area contributed by atoms with Crippen LogP contribution in [0, 0.1) is 13.8 Å². The Kier molecular flexibility index (Phi) is 4.99. The number of fused-ring (bicyclic) bond motifs is 1. The highest BCUT2D eigenvalue weighted by molar-refractivity contribution is 6.12. The number of benzene rings is 2. The van der Waals surface area contributed by atoms with Gasteiger partial charge in [-0.2, -0.15) is 5.10 Å². The lowest BCUT2D eigenvalue weighted by molar-refractivity contribution is 0.102. The van der Waals surface area contributed by atoms with E-state index in [1.807, 2.05) is 61.5 Å². The van der Waals surface area contributed by atoms with Gasteiger partial charge in [0.05, 0.1) is 35.1 Å². The maximum atomic E-state index is 13.4. The first-order chi connectivity index (χ1) is 15.6. The van der Waals surface area contributed by atoms with Crippen molar-refractivity contribution in [1.82, 2.24) is 19.9 Å². The molecule has 5 rings (SSSR count). The third kappa shape index (κ3) is 3.76. The zero-order chi connectivity index (χ0) is 22.1. The highest BCUT2D eigenvalue weighted by Crippen LogP contribution is 2.28. The highest BCUT2D eigenvalue weighted by Gasteiger charge is 2.20. The molecule has 1 N–H and O–H groups in total. The largest absolute Gasteiger partial charge is 0.335 e. The number of nitrogens with one attached hydrogen (secondary N) is 1. The molecule has 7 heteroatoms. The molecule has 5 aromatic rings. The van der Waals surface area contributed by atoms with Crippen molar-refractivity contribution in [2.45, 2.75) is 20.4 Å². The monoisotopic (exact) mass is 423 g/mol. The molecule has 7 nitrogen and oxygen atoms in total. The quantitative estimate of drug-likeness (QED) is 0.430. The number of nitrogens with zero attached hydrogens (tertiary/aromatic N) is 4. The van der Waals surface area contributed by atoms with E-state index >= 15 is 0 Å². The Bertz CT molecular complexity index is 1400. The normalized spacial score (nSPS) is 11.1. The molecule has 158 valence electrons. The Morgan fingerprint density at radius 2 is 1.81 bits per heavy atom. The van der Waals surface area contributed by atoms with Crippen LogP contribution in [0.5, 0.6) is 0 Å². The van der Waals surface area contributed by atoms with Gasteiger partial charge in [0.2, 0.25) is 0 Å². The molecular formula is C25H21N5O2. The second kappa shape index (κ2) is 8.11. The summed E-state index contributed by atoms with van der Waals surface area (Å²) in [6, 6.07) is 21.5. The van der Waals surface area contributed by atoms with Gasteiger partial charge in [0.15, 0.2) is 0 Å². The minimum absolute atomic E-state index is 0.271. The van der Waals surface area contributed by atoms with Crippen molar-refractivity contribution in [1.29, 1.82) is 0 Å². The van der Waals surface area contributed by atoms with Gasteiger partial charge in [0.25, 0.3) is 11.6 Å². The first-order valence-electron chi connectivity index (χ1n) is 10.3. The maximum Gasteiger partial charge on any atom is 0.259 e. The molecule has 3 aromatic heterocycles. The van der Waals surface area contributed by atoms with Crippen molar-refractivity contribution in [2.75, 3.05) is 5.32 Å². The summed E-state index contributed by atoms with van der Waals surface area (Å²) < 4.78 is 7.16. The Morgan fingerprint density at radius 3 is 2.59 bits per heavy atom. The molecule has 0 saturated carbocycles. The van der Waals surface area contributed by atoms with E-state index < -0.39 is 0 Å². The summed E-state index contributed by atoms with van der Waals surface area (Å²) in [5, 5.41) is 12.0. The van der Waals surface area contributed by atoms with Crippen LogP contribution in [-0.2, 0) is 6.54 Å². The fourth-order valence-corrected chi connectivity index (χ4v) is 3.65. The molecule has 0 spiro atoms. The van der Waals surface area contributed by atoms with E-state index in [1.165, 1.54) is 0 Å². The zero-order valence-corrected chi connectivity index (χ0v) is 17.7. The maximum absolute atomic E-state index is 13.4. The van der Waals surface area contributed by atoms with Crippen LogP contribution < -0.4 is 5.32 Å². The van der Waals surface area contributed by atoms with Gasteiger partial charge in [-0.1, -0.05) is 65.3 Å². The summed E-state index contributed by atoms with van der Waals surface area (Å²) in [4.78, 5) is 18.0. The number of hydrogen-bond acceptors (Lipinski definition) is 5. The number of hydrogen-bond donors (Lipinski definition) is 1. The molecule has 0 aliphatic carbocycles. The zero-order valence-electron chi connectivity index (χ0n) is 17.7. The van der Waals surface area contributed by atoms with Crippen molar-refractivity contribution < 1.29 is 9.32 Å². The molecular weight excluding hydrogens is 402 g/mol. The van der Waals surface area contributed by atoms with Gasteiger partial charge < -0.3 is 9.84 Å². The second-order valence-corrected chi connectivity index (χ2v) is 7.68. The van der Waals surface area contributed by atoms with Crippen molar-refractivity contribution in [3.05, 3.63) is 95.3 Å². The average Bonchev–Trinajstić information content (AvgIpc) is 3.40. The fourth-order valence-electron chi connectivity index (χ4n) is 3.65. The molecule has 0 aliphatic heterocycles. The summed E-state index contributed by atoms with van der Waals surface area (Å²) in [7, 11) is 0. The predicted octanol–water partition coefficient (Wildman–Crippen LogP) is 5.00. The van der Waals surface area contributed by atoms with Gasteiger partial charge in [-0.05, 0) is 25.5 Å². The van der Waals surface area contributed by atoms with E-state index in [-0.39, 0.29) is 5.91 Å². The molecule has 1 amide bonds. The van der Waals surface area contributed by atoms with E-state index in [1.54, 1.807) is 29.9 Å². The number of aromatic nitrogens is 4. The van der Waals surface area contributed by atoms with Crippen LogP contribution in [0.15, 0.2) is 77.4 Å². The van der Waals surface area contributed by atoms with Crippen LogP contribution in [0.25, 0.3) is 22.4 Å². The number of carbonyl (C=O) groups excluding carboxylic acids is 1. The number of amides is 1. The molecule has 0 fully saturated rings. The van der Waals surface area contributed by atoms with E-state index in [2.05, 4.69) is 20.6 Å². The SMILES string of the molecule is Cc1ccc(-c2cc(C(=O)Nc3ccnn3Cc3ccccc3)c3c(C)noc3n2)cc1. The van der Waals surface area contributed by atoms with Gasteiger partial charge in [-0.3, -0.25) is 4.79 Å². The molecule has 0 bridgehead atoms. The topological polar surface area (TPSA) is 85.8 Å². The van der Waals surface area contributed by atoms with Crippen LogP contribution >= 0.6 is 0 Å². The predicted molar refractivity (Wildman–Crippen MR) is 122 cm³/mol. The fraction of sp³-hybridized carbons (Fsp3) is 0.120. The standard InChI is InChI=1S/C25H21N5O2/c1-16-8-10-19(11-9-16)21-14-20(23-17(2)29-32-25(23)27-21)24(31)28-22-12-13-26-30(22)15-18-6-4-3-5-7-18/h3-14H,15H2,1-2H3,(H,28,31). The van der Waals surface area contributed by atoms with Gasteiger partial charge in [-0.15, -0.1) is 0 Å². The Morgan fingerprint density at radius 1 is 1.03 bits per heavy atom. The highest BCUT2D eigenvalue weighted by atomic mass is 16.5. The Labute approximate surface area is 184 Å². The number of rotatable bonds is 5. The summed E-state index contributed by atoms with van der Waals surface area (Å²) in [6.07, 6.45) is 1.67. The number of pyridine rings is 1. The lowest BCUT2D eigenvalue weighted by atomic mass is 10.0. The summed E-state index contributed by atoms with van der Waals surface area (Å²) in [5.74, 6) is 0.335. The van der Waals surface area contributed by atoms with Crippen LogP contribution in [0.1, 0.15) is 27.2 Å². The van der Waals surface area contributed by atoms with E-state index in [4.69, 9.17) is 4.52 Å². The molecule has 0 saturated heterocycles. The summed E-state index contributed by atoms with van der Waals surface area (Å²) in [6.45, 7) is 4.38. The molecule has 0 atom stereocenters. The van der Waals surface area contributed by atoms with Gasteiger partial charge >= 0.3 is 0 Å². The number of anilines is 1. The van der Waals surface area contributed by atoms with Gasteiger partial charge in [0.1, 0.15) is 5.82 Å². The number of aryl methyl sites for hydroxylation is 2. The first kappa shape index (κ1) is 19.7. The lowest BCUT2D eigenvalue weighted by Crippen LogP contribution is -2.17. The molecule has 0 unspecified atom stereocenters. The van der Waals surface area contributed by atoms with Crippen molar-refractivity contribution in [2.24, 2.45) is 0 Å². The minimum Gasteiger partial charge on any atom is -0.335 e. The van der Waals surface area contributed by atoms with Crippen LogP contribution in [-0.4, -0.2) is 25.8 Å². The van der Waals surface area contributed by atoms with Crippen LogP contribution in [0.4, 0.5) is 5.82 Å². The molecule has 0 aliphatic rings. The first-order valence-corrected chi connectivity index (χ1v) is 10.3. The molecule has 2 aromatic carbocycles. The van der Waals surface area contributed by atoms with E-state index in [0.717, 1.165) is 16.7 Å². The van der Waals surface area contributed by atoms with Crippen molar-refractivity contribution >= 4 is 22.8 Å².